The average Bonchev–Trinajstić information content (AvgIpc) is 2.27. The highest BCUT2D eigenvalue weighted by molar-refractivity contribution is 5.91. The first-order valence-electron chi connectivity index (χ1n) is 4.32. The van der Waals surface area contributed by atoms with E-state index >= 15 is 0 Å². The van der Waals surface area contributed by atoms with Gasteiger partial charge in [0.1, 0.15) is 0 Å². The lowest BCUT2D eigenvalue weighted by molar-refractivity contribution is 0.0526. The molecule has 0 bridgehead atoms. The number of carbonyl (C=O) groups is 1. The molecule has 1 rings (SSSR count). The minimum Gasteiger partial charge on any atom is -0.462 e. The quantitative estimate of drug-likeness (QED) is 0.430. The zero-order chi connectivity index (χ0) is 11.1. The second kappa shape index (κ2) is 5.71. The van der Waals surface area contributed by atoms with Crippen LogP contribution in [-0.4, -0.2) is 29.0 Å². The molecule has 0 radical (unpaired) electrons. The normalized spacial score (nSPS) is 10.3. The largest absolute Gasteiger partial charge is 0.462 e. The zero-order valence-corrected chi connectivity index (χ0v) is 8.17. The maximum atomic E-state index is 11.3. The topological polar surface area (TPSA) is 83.8 Å². The SMILES string of the molecule is CCOC(=O)c1cncc(C=NNO)c1. The molecule has 15 heavy (non-hydrogen) atoms. The molecule has 2 N–H and O–H groups in total. The van der Waals surface area contributed by atoms with Crippen molar-refractivity contribution in [1.82, 2.24) is 10.6 Å². The molecule has 0 aromatic carbocycles. The lowest BCUT2D eigenvalue weighted by Crippen LogP contribution is -2.06. The van der Waals surface area contributed by atoms with Gasteiger partial charge in [0.2, 0.25) is 0 Å². The Hall–Kier alpha value is -1.95. The Morgan fingerprint density at radius 3 is 3.20 bits per heavy atom. The summed E-state index contributed by atoms with van der Waals surface area (Å²) in [4.78, 5) is 15.1. The summed E-state index contributed by atoms with van der Waals surface area (Å²) in [6.45, 7) is 2.04. The fraction of sp³-hybridized carbons (Fsp3) is 0.222. The number of hydrogen-bond acceptors (Lipinski definition) is 6. The molecular weight excluding hydrogens is 198 g/mol. The van der Waals surface area contributed by atoms with Crippen molar-refractivity contribution in [2.24, 2.45) is 5.10 Å². The summed E-state index contributed by atoms with van der Waals surface area (Å²) in [5, 5.41) is 11.6. The first-order valence-corrected chi connectivity index (χ1v) is 4.32. The second-order valence-corrected chi connectivity index (χ2v) is 2.59. The van der Waals surface area contributed by atoms with Gasteiger partial charge in [0.15, 0.2) is 0 Å². The third-order valence-electron chi connectivity index (χ3n) is 1.54. The van der Waals surface area contributed by atoms with E-state index in [-0.39, 0.29) is 0 Å². The molecule has 1 heterocycles. The monoisotopic (exact) mass is 209 g/mol. The van der Waals surface area contributed by atoms with Crippen molar-refractivity contribution < 1.29 is 14.7 Å². The van der Waals surface area contributed by atoms with E-state index in [0.29, 0.717) is 17.7 Å². The Labute approximate surface area is 86.5 Å². The Bertz CT molecular complexity index is 365. The highest BCUT2D eigenvalue weighted by atomic mass is 16.5. The molecule has 0 saturated heterocycles. The molecule has 80 valence electrons. The Kier molecular flexibility index (Phi) is 4.24. The van der Waals surface area contributed by atoms with E-state index in [1.54, 1.807) is 18.6 Å². The summed E-state index contributed by atoms with van der Waals surface area (Å²) < 4.78 is 4.80. The summed E-state index contributed by atoms with van der Waals surface area (Å²) in [7, 11) is 0. The molecule has 0 aliphatic rings. The molecule has 0 atom stereocenters. The highest BCUT2D eigenvalue weighted by Gasteiger charge is 2.06. The minimum atomic E-state index is -0.433. The maximum Gasteiger partial charge on any atom is 0.339 e. The number of rotatable bonds is 4. The van der Waals surface area contributed by atoms with Gasteiger partial charge < -0.3 is 4.74 Å². The van der Waals surface area contributed by atoms with E-state index in [9.17, 15) is 4.79 Å². The Balaban J connectivity index is 2.82. The smallest absolute Gasteiger partial charge is 0.339 e. The number of pyridine rings is 1. The highest BCUT2D eigenvalue weighted by Crippen LogP contribution is 2.02. The fourth-order valence-electron chi connectivity index (χ4n) is 0.958. The van der Waals surface area contributed by atoms with Crippen LogP contribution in [-0.2, 0) is 4.74 Å². The maximum absolute atomic E-state index is 11.3. The number of hydrogen-bond donors (Lipinski definition) is 2. The third kappa shape index (κ3) is 3.35. The lowest BCUT2D eigenvalue weighted by Gasteiger charge is -2.01. The summed E-state index contributed by atoms with van der Waals surface area (Å²) in [5.41, 5.74) is 2.55. The van der Waals surface area contributed by atoms with E-state index in [1.165, 1.54) is 18.6 Å². The first-order chi connectivity index (χ1) is 7.27. The number of ether oxygens (including phenoxy) is 1. The Morgan fingerprint density at radius 2 is 2.53 bits per heavy atom. The van der Waals surface area contributed by atoms with E-state index < -0.39 is 5.97 Å². The van der Waals surface area contributed by atoms with Crippen molar-refractivity contribution in [3.63, 3.8) is 0 Å². The molecule has 1 aromatic heterocycles. The van der Waals surface area contributed by atoms with Crippen LogP contribution in [0.15, 0.2) is 23.6 Å². The molecule has 0 aliphatic heterocycles. The first kappa shape index (κ1) is 11.1. The number of nitrogens with one attached hydrogen (secondary N) is 1. The molecule has 0 saturated carbocycles. The second-order valence-electron chi connectivity index (χ2n) is 2.59. The van der Waals surface area contributed by atoms with Gasteiger partial charge in [-0.1, -0.05) is 0 Å². The summed E-state index contributed by atoms with van der Waals surface area (Å²) in [6.07, 6.45) is 4.24. The number of hydrazone groups is 1. The van der Waals surface area contributed by atoms with Gasteiger partial charge in [0, 0.05) is 18.0 Å². The molecular formula is C9H11N3O3. The number of carbonyl (C=O) groups excluding carboxylic acids is 1. The van der Waals surface area contributed by atoms with E-state index in [1.807, 2.05) is 0 Å². The van der Waals surface area contributed by atoms with Crippen LogP contribution in [0.2, 0.25) is 0 Å². The molecule has 1 aromatic rings. The van der Waals surface area contributed by atoms with Crippen LogP contribution >= 0.6 is 0 Å². The summed E-state index contributed by atoms with van der Waals surface area (Å²) in [5.74, 6) is -0.433. The lowest BCUT2D eigenvalue weighted by atomic mass is 10.2. The predicted molar refractivity (Wildman–Crippen MR) is 52.7 cm³/mol. The van der Waals surface area contributed by atoms with Gasteiger partial charge in [-0.25, -0.2) is 4.79 Å². The summed E-state index contributed by atoms with van der Waals surface area (Å²) >= 11 is 0. The van der Waals surface area contributed by atoms with Crippen LogP contribution in [0.25, 0.3) is 0 Å². The van der Waals surface area contributed by atoms with Crippen molar-refractivity contribution in [3.8, 4) is 0 Å². The van der Waals surface area contributed by atoms with Crippen LogP contribution < -0.4 is 5.59 Å². The van der Waals surface area contributed by atoms with Crippen molar-refractivity contribution in [3.05, 3.63) is 29.6 Å². The van der Waals surface area contributed by atoms with Gasteiger partial charge in [-0.2, -0.15) is 10.7 Å². The van der Waals surface area contributed by atoms with Crippen LogP contribution in [0.1, 0.15) is 22.8 Å². The average molecular weight is 209 g/mol. The standard InChI is InChI=1S/C9H11N3O3/c1-2-15-9(13)8-3-7(4-10-6-8)5-11-12-14/h3-6,12,14H,2H2,1H3. The van der Waals surface area contributed by atoms with E-state index in [0.717, 1.165) is 0 Å². The predicted octanol–water partition coefficient (Wildman–Crippen LogP) is 0.571. The molecule has 0 spiro atoms. The molecule has 0 unspecified atom stereocenters. The molecule has 6 nitrogen and oxygen atoms in total. The molecule has 0 amide bonds. The van der Waals surface area contributed by atoms with Gasteiger partial charge in [-0.05, 0) is 13.0 Å². The van der Waals surface area contributed by atoms with Crippen LogP contribution in [0.4, 0.5) is 0 Å². The third-order valence-corrected chi connectivity index (χ3v) is 1.54. The zero-order valence-electron chi connectivity index (χ0n) is 8.17. The van der Waals surface area contributed by atoms with Crippen molar-refractivity contribution in [2.75, 3.05) is 6.61 Å². The van der Waals surface area contributed by atoms with Crippen LogP contribution in [0, 0.1) is 0 Å². The molecule has 0 aliphatic carbocycles. The minimum absolute atomic E-state index is 0.315. The van der Waals surface area contributed by atoms with Gasteiger partial charge in [0.05, 0.1) is 18.4 Å². The van der Waals surface area contributed by atoms with Gasteiger partial charge in [0.25, 0.3) is 0 Å². The van der Waals surface area contributed by atoms with Crippen molar-refractivity contribution in [1.29, 1.82) is 0 Å². The number of nitrogens with zero attached hydrogens (tertiary/aromatic N) is 2. The van der Waals surface area contributed by atoms with Gasteiger partial charge >= 0.3 is 5.97 Å². The van der Waals surface area contributed by atoms with Crippen LogP contribution in [0.3, 0.4) is 0 Å². The Morgan fingerprint density at radius 1 is 1.73 bits per heavy atom. The van der Waals surface area contributed by atoms with Crippen molar-refractivity contribution in [2.45, 2.75) is 6.92 Å². The van der Waals surface area contributed by atoms with E-state index in [2.05, 4.69) is 10.1 Å². The number of aromatic nitrogens is 1. The van der Waals surface area contributed by atoms with Crippen molar-refractivity contribution >= 4 is 12.2 Å². The van der Waals surface area contributed by atoms with Gasteiger partial charge in [-0.15, -0.1) is 0 Å². The van der Waals surface area contributed by atoms with Crippen LogP contribution in [0.5, 0.6) is 0 Å². The summed E-state index contributed by atoms with van der Waals surface area (Å²) in [6, 6.07) is 1.56. The van der Waals surface area contributed by atoms with E-state index in [4.69, 9.17) is 9.94 Å². The molecule has 0 fully saturated rings. The van der Waals surface area contributed by atoms with Gasteiger partial charge in [-0.3, -0.25) is 10.2 Å². The molecule has 6 heteroatoms. The number of esters is 1. The fourth-order valence-corrected chi connectivity index (χ4v) is 0.958.